The van der Waals surface area contributed by atoms with Gasteiger partial charge < -0.3 is 20.8 Å². The first-order valence-electron chi connectivity index (χ1n) is 7.12. The van der Waals surface area contributed by atoms with Gasteiger partial charge in [-0.15, -0.1) is 0 Å². The summed E-state index contributed by atoms with van der Waals surface area (Å²) < 4.78 is 5.12. The van der Waals surface area contributed by atoms with Crippen LogP contribution >= 0.6 is 0 Å². The van der Waals surface area contributed by atoms with Crippen molar-refractivity contribution in [3.8, 4) is 0 Å². The van der Waals surface area contributed by atoms with E-state index in [9.17, 15) is 4.79 Å². The monoisotopic (exact) mass is 300 g/mol. The molecule has 1 aromatic carbocycles. The van der Waals surface area contributed by atoms with Crippen molar-refractivity contribution in [3.05, 3.63) is 54.0 Å². The molecule has 0 aliphatic carbocycles. The number of benzene rings is 1. The highest BCUT2D eigenvalue weighted by atomic mass is 16.3. The van der Waals surface area contributed by atoms with Crippen molar-refractivity contribution >= 4 is 17.6 Å². The van der Waals surface area contributed by atoms with Crippen molar-refractivity contribution in [1.82, 2.24) is 5.32 Å². The van der Waals surface area contributed by atoms with E-state index in [1.165, 1.54) is 5.56 Å². The van der Waals surface area contributed by atoms with Crippen molar-refractivity contribution < 1.29 is 9.21 Å². The molecule has 6 heteroatoms. The number of nitrogens with two attached hydrogens (primary N) is 1. The van der Waals surface area contributed by atoms with Crippen molar-refractivity contribution in [2.75, 3.05) is 11.9 Å². The van der Waals surface area contributed by atoms with E-state index >= 15 is 0 Å². The van der Waals surface area contributed by atoms with Crippen LogP contribution in [0.25, 0.3) is 0 Å². The summed E-state index contributed by atoms with van der Waals surface area (Å²) in [6.45, 7) is 2.39. The summed E-state index contributed by atoms with van der Waals surface area (Å²) in [4.78, 5) is 15.7. The van der Waals surface area contributed by atoms with Gasteiger partial charge in [-0.3, -0.25) is 4.79 Å². The maximum atomic E-state index is 11.7. The lowest BCUT2D eigenvalue weighted by molar-refractivity contribution is -0.119. The second-order valence-corrected chi connectivity index (χ2v) is 4.74. The van der Waals surface area contributed by atoms with Crippen LogP contribution in [0.1, 0.15) is 18.2 Å². The number of anilines is 1. The summed E-state index contributed by atoms with van der Waals surface area (Å²) in [6.07, 6.45) is 2.51. The molecule has 0 aliphatic rings. The van der Waals surface area contributed by atoms with Crippen LogP contribution in [0.2, 0.25) is 0 Å². The highest BCUT2D eigenvalue weighted by Gasteiger charge is 2.02. The molecule has 116 valence electrons. The first-order valence-corrected chi connectivity index (χ1v) is 7.12. The molecule has 2 aromatic rings. The lowest BCUT2D eigenvalue weighted by Gasteiger charge is -2.07. The van der Waals surface area contributed by atoms with Gasteiger partial charge in [0, 0.05) is 5.69 Å². The number of amides is 1. The van der Waals surface area contributed by atoms with Gasteiger partial charge in [-0.25, -0.2) is 4.99 Å². The number of aryl methyl sites for hydroxylation is 1. The van der Waals surface area contributed by atoms with Crippen LogP contribution in [0.5, 0.6) is 0 Å². The topological polar surface area (TPSA) is 92.6 Å². The van der Waals surface area contributed by atoms with Gasteiger partial charge in [0.2, 0.25) is 5.91 Å². The van der Waals surface area contributed by atoms with E-state index in [4.69, 9.17) is 10.2 Å². The standard InChI is InChI=1S/C16H20N4O2/c1-2-12-5-3-6-13(9-12)20-16(17)19-11-15(21)18-10-14-7-4-8-22-14/h3-9H,2,10-11H2,1H3,(H,18,21)(H3,17,19,20). The predicted molar refractivity (Wildman–Crippen MR) is 86.5 cm³/mol. The highest BCUT2D eigenvalue weighted by molar-refractivity contribution is 5.93. The van der Waals surface area contributed by atoms with Gasteiger partial charge in [0.1, 0.15) is 12.3 Å². The number of furan rings is 1. The zero-order chi connectivity index (χ0) is 15.8. The third-order valence-electron chi connectivity index (χ3n) is 3.04. The molecule has 0 aliphatic heterocycles. The molecular formula is C16H20N4O2. The largest absolute Gasteiger partial charge is 0.467 e. The van der Waals surface area contributed by atoms with Crippen molar-refractivity contribution in [2.24, 2.45) is 10.7 Å². The quantitative estimate of drug-likeness (QED) is 0.561. The maximum absolute atomic E-state index is 11.7. The number of nitrogens with one attached hydrogen (secondary N) is 2. The third kappa shape index (κ3) is 4.97. The summed E-state index contributed by atoms with van der Waals surface area (Å²) in [6, 6.07) is 11.5. The van der Waals surface area contributed by atoms with Gasteiger partial charge in [0.05, 0.1) is 12.8 Å². The smallest absolute Gasteiger partial charge is 0.242 e. The molecule has 0 unspecified atom stereocenters. The molecule has 1 amide bonds. The zero-order valence-corrected chi connectivity index (χ0v) is 12.5. The average molecular weight is 300 g/mol. The van der Waals surface area contributed by atoms with Crippen LogP contribution in [-0.4, -0.2) is 18.4 Å². The molecular weight excluding hydrogens is 280 g/mol. The molecule has 0 saturated carbocycles. The van der Waals surface area contributed by atoms with Crippen LogP contribution in [-0.2, 0) is 17.8 Å². The van der Waals surface area contributed by atoms with Gasteiger partial charge in [-0.05, 0) is 36.2 Å². The fourth-order valence-electron chi connectivity index (χ4n) is 1.87. The molecule has 2 rings (SSSR count). The molecule has 0 bridgehead atoms. The maximum Gasteiger partial charge on any atom is 0.242 e. The number of rotatable bonds is 6. The molecule has 1 aromatic heterocycles. The third-order valence-corrected chi connectivity index (χ3v) is 3.04. The Morgan fingerprint density at radius 2 is 2.18 bits per heavy atom. The zero-order valence-electron chi connectivity index (χ0n) is 12.5. The van der Waals surface area contributed by atoms with E-state index in [1.54, 1.807) is 18.4 Å². The molecule has 0 fully saturated rings. The van der Waals surface area contributed by atoms with Crippen molar-refractivity contribution in [3.63, 3.8) is 0 Å². The van der Waals surface area contributed by atoms with E-state index in [0.717, 1.165) is 12.1 Å². The Balaban J connectivity index is 1.80. The number of hydrogen-bond acceptors (Lipinski definition) is 3. The van der Waals surface area contributed by atoms with Gasteiger partial charge in [-0.2, -0.15) is 0 Å². The minimum Gasteiger partial charge on any atom is -0.467 e. The van der Waals surface area contributed by atoms with Gasteiger partial charge in [0.25, 0.3) is 0 Å². The van der Waals surface area contributed by atoms with Crippen molar-refractivity contribution in [1.29, 1.82) is 0 Å². The van der Waals surface area contributed by atoms with Crippen LogP contribution in [0.3, 0.4) is 0 Å². The van der Waals surface area contributed by atoms with E-state index < -0.39 is 0 Å². The number of aliphatic imine (C=N–C) groups is 1. The lowest BCUT2D eigenvalue weighted by atomic mass is 10.1. The summed E-state index contributed by atoms with van der Waals surface area (Å²) in [7, 11) is 0. The van der Waals surface area contributed by atoms with E-state index in [2.05, 4.69) is 22.5 Å². The highest BCUT2D eigenvalue weighted by Crippen LogP contribution is 2.10. The number of carbonyl (C=O) groups is 1. The minimum atomic E-state index is -0.219. The molecule has 22 heavy (non-hydrogen) atoms. The lowest BCUT2D eigenvalue weighted by Crippen LogP contribution is -2.28. The molecule has 0 atom stereocenters. The molecule has 6 nitrogen and oxygen atoms in total. The fourth-order valence-corrected chi connectivity index (χ4v) is 1.87. The Morgan fingerprint density at radius 3 is 2.91 bits per heavy atom. The van der Waals surface area contributed by atoms with Crippen LogP contribution in [0.4, 0.5) is 5.69 Å². The number of hydrogen-bond donors (Lipinski definition) is 3. The van der Waals surface area contributed by atoms with Gasteiger partial charge in [0.15, 0.2) is 5.96 Å². The van der Waals surface area contributed by atoms with E-state index in [1.807, 2.05) is 24.3 Å². The van der Waals surface area contributed by atoms with E-state index in [-0.39, 0.29) is 18.4 Å². The normalized spacial score (nSPS) is 11.2. The SMILES string of the molecule is CCc1cccc(NC(N)=NCC(=O)NCc2ccco2)c1. The molecule has 0 saturated heterocycles. The Kier molecular flexibility index (Phi) is 5.59. The fraction of sp³-hybridized carbons (Fsp3) is 0.250. The summed E-state index contributed by atoms with van der Waals surface area (Å²) in [5.74, 6) is 0.685. The second-order valence-electron chi connectivity index (χ2n) is 4.74. The first-order chi connectivity index (χ1) is 10.7. The number of guanidine groups is 1. The van der Waals surface area contributed by atoms with Crippen LogP contribution < -0.4 is 16.4 Å². The second kappa shape index (κ2) is 7.87. The number of carbonyl (C=O) groups excluding carboxylic acids is 1. The first kappa shape index (κ1) is 15.6. The predicted octanol–water partition coefficient (Wildman–Crippen LogP) is 1.88. The summed E-state index contributed by atoms with van der Waals surface area (Å²) in [5.41, 5.74) is 7.84. The molecule has 0 spiro atoms. The number of nitrogens with zero attached hydrogens (tertiary/aromatic N) is 1. The van der Waals surface area contributed by atoms with Gasteiger partial charge >= 0.3 is 0 Å². The van der Waals surface area contributed by atoms with Crippen LogP contribution in [0, 0.1) is 0 Å². The average Bonchev–Trinajstić information content (AvgIpc) is 3.04. The Morgan fingerprint density at radius 1 is 1.32 bits per heavy atom. The van der Waals surface area contributed by atoms with E-state index in [0.29, 0.717) is 12.3 Å². The Bertz CT molecular complexity index is 635. The molecule has 0 radical (unpaired) electrons. The van der Waals surface area contributed by atoms with Crippen LogP contribution in [0.15, 0.2) is 52.1 Å². The molecule has 4 N–H and O–H groups in total. The molecule has 1 heterocycles. The Hall–Kier alpha value is -2.76. The van der Waals surface area contributed by atoms with Gasteiger partial charge in [-0.1, -0.05) is 19.1 Å². The summed E-state index contributed by atoms with van der Waals surface area (Å²) >= 11 is 0. The minimum absolute atomic E-state index is 0.0347. The van der Waals surface area contributed by atoms with Crippen molar-refractivity contribution in [2.45, 2.75) is 19.9 Å². The Labute approximate surface area is 129 Å². The summed E-state index contributed by atoms with van der Waals surface area (Å²) in [5, 5.41) is 5.67.